The predicted octanol–water partition coefficient (Wildman–Crippen LogP) is 1.27. The Hall–Kier alpha value is -2.08. The van der Waals surface area contributed by atoms with Crippen molar-refractivity contribution >= 4 is 17.5 Å². The highest BCUT2D eigenvalue weighted by atomic mass is 16.5. The van der Waals surface area contributed by atoms with Gasteiger partial charge in [0.05, 0.1) is 12.5 Å². The van der Waals surface area contributed by atoms with Crippen LogP contribution >= 0.6 is 0 Å². The molecule has 2 fully saturated rings. The molecule has 2 aliphatic rings. The summed E-state index contributed by atoms with van der Waals surface area (Å²) in [4.78, 5) is 28.4. The maximum Gasteiger partial charge on any atom is 0.225 e. The van der Waals surface area contributed by atoms with Crippen molar-refractivity contribution in [2.75, 3.05) is 50.8 Å². The van der Waals surface area contributed by atoms with Crippen LogP contribution in [0.15, 0.2) is 30.3 Å². The lowest BCUT2D eigenvalue weighted by Crippen LogP contribution is -2.48. The van der Waals surface area contributed by atoms with Crippen LogP contribution in [0.5, 0.6) is 0 Å². The molecule has 6 nitrogen and oxygen atoms in total. The highest BCUT2D eigenvalue weighted by Crippen LogP contribution is 2.16. The van der Waals surface area contributed by atoms with E-state index in [4.69, 9.17) is 4.74 Å². The summed E-state index contributed by atoms with van der Waals surface area (Å²) in [7, 11) is 0. The second kappa shape index (κ2) is 8.85. The first-order valence-corrected chi connectivity index (χ1v) is 9.17. The van der Waals surface area contributed by atoms with E-state index in [1.807, 2.05) is 23.1 Å². The standard InChI is InChI=1S/C19H27N3O3/c23-18(7-4-9-20-19(24)16-8-14-25-15-16)22-12-10-21(11-13-22)17-5-2-1-3-6-17/h1-3,5-6,16H,4,7-15H2,(H,20,24). The first-order valence-electron chi connectivity index (χ1n) is 9.17. The van der Waals surface area contributed by atoms with Gasteiger partial charge in [-0.25, -0.2) is 0 Å². The normalized spacial score (nSPS) is 20.6. The molecule has 1 aromatic carbocycles. The van der Waals surface area contributed by atoms with Gasteiger partial charge in [0.15, 0.2) is 0 Å². The number of rotatable bonds is 6. The minimum atomic E-state index is -0.0123. The van der Waals surface area contributed by atoms with Crippen LogP contribution in [-0.2, 0) is 14.3 Å². The van der Waals surface area contributed by atoms with Gasteiger partial charge in [-0.05, 0) is 25.0 Å². The summed E-state index contributed by atoms with van der Waals surface area (Å²) >= 11 is 0. The Morgan fingerprint density at radius 1 is 1.12 bits per heavy atom. The fourth-order valence-corrected chi connectivity index (χ4v) is 3.35. The smallest absolute Gasteiger partial charge is 0.225 e. The molecule has 6 heteroatoms. The average molecular weight is 345 g/mol. The Balaban J connectivity index is 1.32. The molecule has 1 aromatic rings. The topological polar surface area (TPSA) is 61.9 Å². The Bertz CT molecular complexity index is 565. The van der Waals surface area contributed by atoms with E-state index in [9.17, 15) is 9.59 Å². The van der Waals surface area contributed by atoms with Gasteiger partial charge in [0.2, 0.25) is 11.8 Å². The largest absolute Gasteiger partial charge is 0.381 e. The summed E-state index contributed by atoms with van der Waals surface area (Å²) in [6, 6.07) is 10.3. The van der Waals surface area contributed by atoms with Crippen molar-refractivity contribution in [1.29, 1.82) is 0 Å². The van der Waals surface area contributed by atoms with E-state index in [0.29, 0.717) is 32.6 Å². The molecule has 0 saturated carbocycles. The highest BCUT2D eigenvalue weighted by molar-refractivity contribution is 5.79. The number of nitrogens with zero attached hydrogens (tertiary/aromatic N) is 2. The van der Waals surface area contributed by atoms with Gasteiger partial charge < -0.3 is 19.9 Å². The van der Waals surface area contributed by atoms with E-state index in [2.05, 4.69) is 22.3 Å². The van der Waals surface area contributed by atoms with Gasteiger partial charge in [0, 0.05) is 51.4 Å². The molecule has 136 valence electrons. The number of nitrogens with one attached hydrogen (secondary N) is 1. The number of amides is 2. The van der Waals surface area contributed by atoms with Gasteiger partial charge in [-0.15, -0.1) is 0 Å². The van der Waals surface area contributed by atoms with Crippen molar-refractivity contribution in [2.24, 2.45) is 5.92 Å². The predicted molar refractivity (Wildman–Crippen MR) is 96.4 cm³/mol. The number of carbonyl (C=O) groups is 2. The van der Waals surface area contributed by atoms with E-state index in [0.717, 1.165) is 32.6 Å². The lowest BCUT2D eigenvalue weighted by Gasteiger charge is -2.36. The molecule has 3 rings (SSSR count). The first kappa shape index (κ1) is 17.7. The first-order chi connectivity index (χ1) is 12.2. The number of ether oxygens (including phenoxy) is 1. The zero-order chi connectivity index (χ0) is 17.5. The number of anilines is 1. The zero-order valence-corrected chi connectivity index (χ0v) is 14.7. The molecule has 25 heavy (non-hydrogen) atoms. The van der Waals surface area contributed by atoms with Gasteiger partial charge >= 0.3 is 0 Å². The van der Waals surface area contributed by atoms with Crippen LogP contribution in [-0.4, -0.2) is 62.7 Å². The van der Waals surface area contributed by atoms with Gasteiger partial charge in [0.1, 0.15) is 0 Å². The van der Waals surface area contributed by atoms with Crippen molar-refractivity contribution in [3.8, 4) is 0 Å². The van der Waals surface area contributed by atoms with Crippen LogP contribution in [0, 0.1) is 5.92 Å². The Kier molecular flexibility index (Phi) is 6.28. The number of benzene rings is 1. The minimum Gasteiger partial charge on any atom is -0.381 e. The molecule has 1 N–H and O–H groups in total. The summed E-state index contributed by atoms with van der Waals surface area (Å²) in [6.45, 7) is 5.02. The Labute approximate surface area is 149 Å². The molecular formula is C19H27N3O3. The molecule has 0 spiro atoms. The van der Waals surface area contributed by atoms with Crippen LogP contribution in [0.2, 0.25) is 0 Å². The number of para-hydroxylation sites is 1. The molecule has 2 amide bonds. The van der Waals surface area contributed by atoms with E-state index in [-0.39, 0.29) is 17.7 Å². The van der Waals surface area contributed by atoms with E-state index in [1.165, 1.54) is 5.69 Å². The lowest BCUT2D eigenvalue weighted by molar-refractivity contribution is -0.132. The van der Waals surface area contributed by atoms with Crippen molar-refractivity contribution in [3.05, 3.63) is 30.3 Å². The van der Waals surface area contributed by atoms with Crippen molar-refractivity contribution in [2.45, 2.75) is 19.3 Å². The van der Waals surface area contributed by atoms with Gasteiger partial charge in [0.25, 0.3) is 0 Å². The molecule has 2 heterocycles. The van der Waals surface area contributed by atoms with Crippen molar-refractivity contribution in [1.82, 2.24) is 10.2 Å². The monoisotopic (exact) mass is 345 g/mol. The maximum atomic E-state index is 12.3. The van der Waals surface area contributed by atoms with Crippen LogP contribution < -0.4 is 10.2 Å². The van der Waals surface area contributed by atoms with Crippen LogP contribution in [0.25, 0.3) is 0 Å². The van der Waals surface area contributed by atoms with E-state index < -0.39 is 0 Å². The molecule has 1 atom stereocenters. The molecular weight excluding hydrogens is 318 g/mol. The Morgan fingerprint density at radius 3 is 2.56 bits per heavy atom. The molecule has 2 saturated heterocycles. The van der Waals surface area contributed by atoms with Crippen molar-refractivity contribution in [3.63, 3.8) is 0 Å². The van der Waals surface area contributed by atoms with Gasteiger partial charge in [-0.3, -0.25) is 9.59 Å². The minimum absolute atomic E-state index is 0.0123. The quantitative estimate of drug-likeness (QED) is 0.789. The second-order valence-corrected chi connectivity index (χ2v) is 6.66. The second-order valence-electron chi connectivity index (χ2n) is 6.66. The van der Waals surface area contributed by atoms with Crippen LogP contribution in [0.4, 0.5) is 5.69 Å². The number of carbonyl (C=O) groups excluding carboxylic acids is 2. The Morgan fingerprint density at radius 2 is 1.88 bits per heavy atom. The fourth-order valence-electron chi connectivity index (χ4n) is 3.35. The van der Waals surface area contributed by atoms with E-state index >= 15 is 0 Å². The summed E-state index contributed by atoms with van der Waals surface area (Å²) in [5.74, 6) is 0.231. The molecule has 0 aliphatic carbocycles. The van der Waals surface area contributed by atoms with E-state index in [1.54, 1.807) is 0 Å². The summed E-state index contributed by atoms with van der Waals surface area (Å²) in [5.41, 5.74) is 1.22. The molecule has 0 bridgehead atoms. The molecule has 0 aromatic heterocycles. The third-order valence-electron chi connectivity index (χ3n) is 4.92. The summed E-state index contributed by atoms with van der Waals surface area (Å²) < 4.78 is 5.22. The van der Waals surface area contributed by atoms with Crippen molar-refractivity contribution < 1.29 is 14.3 Å². The third-order valence-corrected chi connectivity index (χ3v) is 4.92. The SMILES string of the molecule is O=C(NCCCC(=O)N1CCN(c2ccccc2)CC1)C1CCOC1. The van der Waals surface area contributed by atoms with Crippen LogP contribution in [0.1, 0.15) is 19.3 Å². The molecule has 1 unspecified atom stereocenters. The fraction of sp³-hybridized carbons (Fsp3) is 0.579. The van der Waals surface area contributed by atoms with Gasteiger partial charge in [-0.1, -0.05) is 18.2 Å². The maximum absolute atomic E-state index is 12.3. The average Bonchev–Trinajstić information content (AvgIpc) is 3.21. The third kappa shape index (κ3) is 4.95. The summed E-state index contributed by atoms with van der Waals surface area (Å²) in [6.07, 6.45) is 1.99. The zero-order valence-electron chi connectivity index (χ0n) is 14.7. The van der Waals surface area contributed by atoms with Crippen LogP contribution in [0.3, 0.4) is 0 Å². The summed E-state index contributed by atoms with van der Waals surface area (Å²) in [5, 5.41) is 2.91. The molecule has 0 radical (unpaired) electrons. The lowest BCUT2D eigenvalue weighted by atomic mass is 10.1. The highest BCUT2D eigenvalue weighted by Gasteiger charge is 2.23. The van der Waals surface area contributed by atoms with Gasteiger partial charge in [-0.2, -0.15) is 0 Å². The number of hydrogen-bond acceptors (Lipinski definition) is 4. The molecule has 2 aliphatic heterocycles. The number of hydrogen-bond donors (Lipinski definition) is 1. The number of piperazine rings is 1.